The van der Waals surface area contributed by atoms with E-state index in [-0.39, 0.29) is 12.1 Å². The third kappa shape index (κ3) is 3.06. The summed E-state index contributed by atoms with van der Waals surface area (Å²) in [5.41, 5.74) is 5.06. The molecule has 2 N–H and O–H groups in total. The van der Waals surface area contributed by atoms with Crippen molar-refractivity contribution in [1.82, 2.24) is 0 Å². The molecule has 0 unspecified atom stereocenters. The van der Waals surface area contributed by atoms with Crippen molar-refractivity contribution in [2.75, 3.05) is 6.54 Å². The van der Waals surface area contributed by atoms with Crippen LogP contribution in [0.4, 0.5) is 17.6 Å². The average Bonchev–Trinajstić information content (AvgIpc) is 2.19. The van der Waals surface area contributed by atoms with Gasteiger partial charge in [0, 0.05) is 6.54 Å². The Morgan fingerprint density at radius 2 is 2.00 bits per heavy atom. The van der Waals surface area contributed by atoms with Gasteiger partial charge in [0.2, 0.25) is 0 Å². The Bertz CT molecular complexity index is 407. The summed E-state index contributed by atoms with van der Waals surface area (Å²) in [5.74, 6) is -1.27. The first kappa shape index (κ1) is 12.7. The number of rotatable bonds is 2. The molecule has 0 amide bonds. The molecule has 5 heteroatoms. The van der Waals surface area contributed by atoms with Crippen molar-refractivity contribution in [1.29, 1.82) is 0 Å². The molecule has 1 aromatic rings. The molecule has 1 aromatic carbocycles. The van der Waals surface area contributed by atoms with Crippen molar-refractivity contribution >= 4 is 6.08 Å². The fourth-order valence-corrected chi connectivity index (χ4v) is 1.19. The topological polar surface area (TPSA) is 26.0 Å². The van der Waals surface area contributed by atoms with E-state index in [4.69, 9.17) is 5.73 Å². The average molecular weight is 233 g/mol. The molecule has 0 fully saturated rings. The van der Waals surface area contributed by atoms with E-state index in [1.165, 1.54) is 12.1 Å². The molecule has 0 bridgehead atoms. The van der Waals surface area contributed by atoms with Gasteiger partial charge < -0.3 is 5.73 Å². The van der Waals surface area contributed by atoms with Crippen LogP contribution < -0.4 is 5.73 Å². The van der Waals surface area contributed by atoms with Crippen molar-refractivity contribution in [3.8, 4) is 0 Å². The van der Waals surface area contributed by atoms with Gasteiger partial charge in [-0.2, -0.15) is 13.2 Å². The van der Waals surface area contributed by atoms with Crippen LogP contribution in [-0.2, 0) is 6.18 Å². The summed E-state index contributed by atoms with van der Waals surface area (Å²) >= 11 is 0. The zero-order chi connectivity index (χ0) is 12.3. The fraction of sp³-hybridized carbons (Fsp3) is 0.273. The van der Waals surface area contributed by atoms with E-state index in [2.05, 4.69) is 0 Å². The Kier molecular flexibility index (Phi) is 3.70. The van der Waals surface area contributed by atoms with E-state index < -0.39 is 17.6 Å². The largest absolute Gasteiger partial charge is 0.419 e. The predicted molar refractivity (Wildman–Crippen MR) is 54.1 cm³/mol. The van der Waals surface area contributed by atoms with Crippen LogP contribution in [0.3, 0.4) is 0 Å². The van der Waals surface area contributed by atoms with E-state index in [1.54, 1.807) is 6.92 Å². The van der Waals surface area contributed by atoms with Crippen molar-refractivity contribution < 1.29 is 17.6 Å². The number of hydrogen-bond donors (Lipinski definition) is 1. The van der Waals surface area contributed by atoms with E-state index in [1.807, 2.05) is 0 Å². The maximum Gasteiger partial charge on any atom is 0.419 e. The Labute approximate surface area is 90.6 Å². The summed E-state index contributed by atoms with van der Waals surface area (Å²) in [5, 5.41) is 0. The monoisotopic (exact) mass is 233 g/mol. The molecule has 0 aromatic heterocycles. The summed E-state index contributed by atoms with van der Waals surface area (Å²) in [4.78, 5) is 0. The van der Waals surface area contributed by atoms with Gasteiger partial charge in [0.05, 0.1) is 5.56 Å². The third-order valence-electron chi connectivity index (χ3n) is 2.03. The zero-order valence-corrected chi connectivity index (χ0v) is 8.61. The SMILES string of the molecule is C/C(=C/c1ccc(F)c(C(F)(F)F)c1)CN. The minimum absolute atomic E-state index is 0.249. The summed E-state index contributed by atoms with van der Waals surface area (Å²) in [6.07, 6.45) is -3.18. The van der Waals surface area contributed by atoms with Gasteiger partial charge in [-0.05, 0) is 24.6 Å². The number of hydrogen-bond acceptors (Lipinski definition) is 1. The second-order valence-corrected chi connectivity index (χ2v) is 3.43. The summed E-state index contributed by atoms with van der Waals surface area (Å²) in [7, 11) is 0. The highest BCUT2D eigenvalue weighted by Gasteiger charge is 2.33. The molecule has 1 rings (SSSR count). The second-order valence-electron chi connectivity index (χ2n) is 3.43. The maximum atomic E-state index is 12.9. The molecule has 1 nitrogen and oxygen atoms in total. The molecule has 0 saturated carbocycles. The Balaban J connectivity index is 3.18. The molecule has 0 aliphatic carbocycles. The number of nitrogens with two attached hydrogens (primary N) is 1. The number of halogens is 4. The van der Waals surface area contributed by atoms with Crippen molar-refractivity contribution in [3.05, 3.63) is 40.7 Å². The lowest BCUT2D eigenvalue weighted by Gasteiger charge is -2.08. The van der Waals surface area contributed by atoms with Gasteiger partial charge in [-0.25, -0.2) is 4.39 Å². The number of alkyl halides is 3. The van der Waals surface area contributed by atoms with Gasteiger partial charge in [-0.3, -0.25) is 0 Å². The van der Waals surface area contributed by atoms with Gasteiger partial charge in [0.25, 0.3) is 0 Å². The highest BCUT2D eigenvalue weighted by molar-refractivity contribution is 5.54. The third-order valence-corrected chi connectivity index (χ3v) is 2.03. The van der Waals surface area contributed by atoms with Crippen LogP contribution >= 0.6 is 0 Å². The molecule has 0 heterocycles. The van der Waals surface area contributed by atoms with E-state index >= 15 is 0 Å². The lowest BCUT2D eigenvalue weighted by molar-refractivity contribution is -0.140. The summed E-state index contributed by atoms with van der Waals surface area (Å²) < 4.78 is 50.0. The molecular weight excluding hydrogens is 222 g/mol. The lowest BCUT2D eigenvalue weighted by Crippen LogP contribution is -2.08. The molecule has 0 saturated heterocycles. The zero-order valence-electron chi connectivity index (χ0n) is 8.61. The van der Waals surface area contributed by atoms with Crippen molar-refractivity contribution in [3.63, 3.8) is 0 Å². The first-order valence-electron chi connectivity index (χ1n) is 4.58. The minimum atomic E-state index is -4.68. The molecule has 0 spiro atoms. The molecule has 16 heavy (non-hydrogen) atoms. The first-order chi connectivity index (χ1) is 7.34. The smallest absolute Gasteiger partial charge is 0.327 e. The molecule has 0 aliphatic heterocycles. The van der Waals surface area contributed by atoms with Crippen molar-refractivity contribution in [2.24, 2.45) is 5.73 Å². The summed E-state index contributed by atoms with van der Waals surface area (Å²) in [6.45, 7) is 1.94. The summed E-state index contributed by atoms with van der Waals surface area (Å²) in [6, 6.07) is 2.86. The molecular formula is C11H11F4N. The lowest BCUT2D eigenvalue weighted by atomic mass is 10.1. The Morgan fingerprint density at radius 1 is 1.38 bits per heavy atom. The van der Waals surface area contributed by atoms with Gasteiger partial charge in [-0.1, -0.05) is 17.7 Å². The van der Waals surface area contributed by atoms with Gasteiger partial charge in [0.1, 0.15) is 5.82 Å². The second kappa shape index (κ2) is 4.65. The highest BCUT2D eigenvalue weighted by atomic mass is 19.4. The molecule has 0 radical (unpaired) electrons. The first-order valence-corrected chi connectivity index (χ1v) is 4.58. The van der Waals surface area contributed by atoms with Crippen molar-refractivity contribution in [2.45, 2.75) is 13.1 Å². The predicted octanol–water partition coefficient (Wildman–Crippen LogP) is 3.21. The molecule has 0 aliphatic rings. The molecule has 0 atom stereocenters. The standard InChI is InChI=1S/C11H11F4N/c1-7(6-16)4-8-2-3-10(12)9(5-8)11(13,14)15/h2-5H,6,16H2,1H3/b7-4-. The van der Waals surface area contributed by atoms with Crippen LogP contribution in [-0.4, -0.2) is 6.54 Å². The Hall–Kier alpha value is -1.36. The minimum Gasteiger partial charge on any atom is -0.327 e. The highest BCUT2D eigenvalue weighted by Crippen LogP contribution is 2.32. The normalized spacial score (nSPS) is 13.0. The van der Waals surface area contributed by atoms with Crippen LogP contribution in [0, 0.1) is 5.82 Å². The Morgan fingerprint density at radius 3 is 2.50 bits per heavy atom. The number of benzene rings is 1. The fourth-order valence-electron chi connectivity index (χ4n) is 1.19. The van der Waals surface area contributed by atoms with Gasteiger partial charge in [0.15, 0.2) is 0 Å². The van der Waals surface area contributed by atoms with E-state index in [0.717, 1.165) is 17.7 Å². The van der Waals surface area contributed by atoms with Crippen LogP contribution in [0.2, 0.25) is 0 Å². The van der Waals surface area contributed by atoms with E-state index in [0.29, 0.717) is 0 Å². The van der Waals surface area contributed by atoms with Crippen LogP contribution in [0.5, 0.6) is 0 Å². The van der Waals surface area contributed by atoms with Gasteiger partial charge in [-0.15, -0.1) is 0 Å². The van der Waals surface area contributed by atoms with Crippen LogP contribution in [0.15, 0.2) is 23.8 Å². The van der Waals surface area contributed by atoms with Crippen LogP contribution in [0.1, 0.15) is 18.1 Å². The molecule has 88 valence electrons. The van der Waals surface area contributed by atoms with Crippen LogP contribution in [0.25, 0.3) is 6.08 Å². The van der Waals surface area contributed by atoms with Gasteiger partial charge >= 0.3 is 6.18 Å². The maximum absolute atomic E-state index is 12.9. The quantitative estimate of drug-likeness (QED) is 0.780. The van der Waals surface area contributed by atoms with E-state index in [9.17, 15) is 17.6 Å².